The first-order chi connectivity index (χ1) is 9.51. The van der Waals surface area contributed by atoms with E-state index in [1.165, 1.54) is 13.3 Å². The van der Waals surface area contributed by atoms with E-state index in [4.69, 9.17) is 9.84 Å². The molecule has 0 spiro atoms. The summed E-state index contributed by atoms with van der Waals surface area (Å²) in [4.78, 5) is 36.8. The van der Waals surface area contributed by atoms with Crippen LogP contribution < -0.4 is 15.4 Å². The van der Waals surface area contributed by atoms with Crippen LogP contribution in [0.25, 0.3) is 0 Å². The zero-order valence-corrected chi connectivity index (χ0v) is 10.9. The monoisotopic (exact) mass is 281 g/mol. The first-order valence-corrected chi connectivity index (χ1v) is 5.79. The molecule has 8 heteroatoms. The molecular weight excluding hydrogens is 266 g/mol. The number of ether oxygens (including phenoxy) is 1. The molecule has 0 aliphatic carbocycles. The standard InChI is InChI=1S/C12H15N3O5/c1-20-10-4-2-8(6-13-10)7-14-12(19)15-9(16)3-5-11(17)18/h2,4,6H,3,5,7H2,1H3,(H,17,18)(H2,14,15,16,19). The zero-order chi connectivity index (χ0) is 15.0. The SMILES string of the molecule is COc1ccc(CNC(=O)NC(=O)CCC(=O)O)cn1. The molecule has 0 saturated carbocycles. The van der Waals surface area contributed by atoms with Gasteiger partial charge in [0.25, 0.3) is 0 Å². The van der Waals surface area contributed by atoms with Crippen molar-refractivity contribution < 1.29 is 24.2 Å². The molecular formula is C12H15N3O5. The van der Waals surface area contributed by atoms with Crippen molar-refractivity contribution in [3.05, 3.63) is 23.9 Å². The number of nitrogens with zero attached hydrogens (tertiary/aromatic N) is 1. The lowest BCUT2D eigenvalue weighted by Crippen LogP contribution is -2.39. The Morgan fingerprint density at radius 3 is 2.60 bits per heavy atom. The summed E-state index contributed by atoms with van der Waals surface area (Å²) in [5.41, 5.74) is 0.735. The molecule has 0 fully saturated rings. The molecule has 3 N–H and O–H groups in total. The highest BCUT2D eigenvalue weighted by Crippen LogP contribution is 2.05. The second-order valence-electron chi connectivity index (χ2n) is 3.83. The second-order valence-corrected chi connectivity index (χ2v) is 3.83. The highest BCUT2D eigenvalue weighted by Gasteiger charge is 2.09. The average Bonchev–Trinajstić information content (AvgIpc) is 2.43. The number of pyridine rings is 1. The van der Waals surface area contributed by atoms with Gasteiger partial charge in [0.2, 0.25) is 11.8 Å². The van der Waals surface area contributed by atoms with Crippen LogP contribution in [-0.4, -0.2) is 35.1 Å². The van der Waals surface area contributed by atoms with Crippen LogP contribution >= 0.6 is 0 Å². The number of carbonyl (C=O) groups excluding carboxylic acids is 2. The molecule has 0 saturated heterocycles. The molecule has 0 bridgehead atoms. The van der Waals surface area contributed by atoms with E-state index in [2.05, 4.69) is 10.3 Å². The topological polar surface area (TPSA) is 118 Å². The summed E-state index contributed by atoms with van der Waals surface area (Å²) in [6, 6.07) is 2.68. The maximum atomic E-state index is 11.4. The van der Waals surface area contributed by atoms with Gasteiger partial charge in [0, 0.05) is 25.2 Å². The van der Waals surface area contributed by atoms with E-state index in [9.17, 15) is 14.4 Å². The van der Waals surface area contributed by atoms with E-state index < -0.39 is 17.9 Å². The van der Waals surface area contributed by atoms with Crippen LogP contribution in [0.2, 0.25) is 0 Å². The number of methoxy groups -OCH3 is 1. The number of amides is 3. The van der Waals surface area contributed by atoms with Crippen LogP contribution in [0.5, 0.6) is 5.88 Å². The molecule has 1 aromatic heterocycles. The van der Waals surface area contributed by atoms with Crippen LogP contribution in [0, 0.1) is 0 Å². The summed E-state index contributed by atoms with van der Waals surface area (Å²) >= 11 is 0. The van der Waals surface area contributed by atoms with Crippen LogP contribution in [0.15, 0.2) is 18.3 Å². The highest BCUT2D eigenvalue weighted by molar-refractivity contribution is 5.95. The van der Waals surface area contributed by atoms with Gasteiger partial charge in [-0.2, -0.15) is 0 Å². The third kappa shape index (κ3) is 5.80. The highest BCUT2D eigenvalue weighted by atomic mass is 16.5. The van der Waals surface area contributed by atoms with Crippen LogP contribution in [0.1, 0.15) is 18.4 Å². The number of urea groups is 1. The van der Waals surface area contributed by atoms with Crippen molar-refractivity contribution in [3.63, 3.8) is 0 Å². The molecule has 0 aliphatic heterocycles. The fraction of sp³-hybridized carbons (Fsp3) is 0.333. The minimum atomic E-state index is -1.09. The Balaban J connectivity index is 2.31. The van der Waals surface area contributed by atoms with Crippen molar-refractivity contribution >= 4 is 17.9 Å². The number of hydrogen-bond donors (Lipinski definition) is 3. The van der Waals surface area contributed by atoms with E-state index in [1.807, 2.05) is 5.32 Å². The molecule has 1 heterocycles. The fourth-order valence-electron chi connectivity index (χ4n) is 1.27. The Kier molecular flexibility index (Phi) is 5.95. The smallest absolute Gasteiger partial charge is 0.321 e. The second kappa shape index (κ2) is 7.72. The van der Waals surface area contributed by atoms with Crippen molar-refractivity contribution in [1.29, 1.82) is 0 Å². The van der Waals surface area contributed by atoms with Gasteiger partial charge >= 0.3 is 12.0 Å². The Morgan fingerprint density at radius 2 is 2.05 bits per heavy atom. The van der Waals surface area contributed by atoms with Crippen molar-refractivity contribution in [2.45, 2.75) is 19.4 Å². The third-order valence-electron chi connectivity index (χ3n) is 2.28. The van der Waals surface area contributed by atoms with Gasteiger partial charge in [0.05, 0.1) is 13.5 Å². The van der Waals surface area contributed by atoms with Crippen molar-refractivity contribution in [3.8, 4) is 5.88 Å². The molecule has 0 radical (unpaired) electrons. The zero-order valence-electron chi connectivity index (χ0n) is 10.9. The minimum Gasteiger partial charge on any atom is -0.481 e. The van der Waals surface area contributed by atoms with Crippen molar-refractivity contribution in [1.82, 2.24) is 15.6 Å². The Morgan fingerprint density at radius 1 is 1.30 bits per heavy atom. The number of rotatable bonds is 6. The molecule has 1 rings (SSSR count). The molecule has 0 atom stereocenters. The third-order valence-corrected chi connectivity index (χ3v) is 2.28. The predicted molar refractivity (Wildman–Crippen MR) is 68.0 cm³/mol. The number of carboxylic acid groups (broad SMARTS) is 1. The van der Waals surface area contributed by atoms with Gasteiger partial charge in [-0.15, -0.1) is 0 Å². The Labute approximate surface area is 115 Å². The molecule has 1 aromatic rings. The Bertz CT molecular complexity index is 486. The maximum absolute atomic E-state index is 11.4. The molecule has 8 nitrogen and oxygen atoms in total. The summed E-state index contributed by atoms with van der Waals surface area (Å²) in [6.45, 7) is 0.190. The fourth-order valence-corrected chi connectivity index (χ4v) is 1.27. The first-order valence-electron chi connectivity index (χ1n) is 5.79. The van der Waals surface area contributed by atoms with Crippen LogP contribution in [0.4, 0.5) is 4.79 Å². The maximum Gasteiger partial charge on any atom is 0.321 e. The summed E-state index contributed by atoms with van der Waals surface area (Å²) in [6.07, 6.45) is 0.972. The number of aromatic nitrogens is 1. The molecule has 108 valence electrons. The summed E-state index contributed by atoms with van der Waals surface area (Å²) in [7, 11) is 1.50. The van der Waals surface area contributed by atoms with E-state index in [1.54, 1.807) is 12.1 Å². The lowest BCUT2D eigenvalue weighted by Gasteiger charge is -2.06. The normalized spacial score (nSPS) is 9.65. The molecule has 20 heavy (non-hydrogen) atoms. The quantitative estimate of drug-likeness (QED) is 0.689. The van der Waals surface area contributed by atoms with E-state index in [0.717, 1.165) is 5.56 Å². The summed E-state index contributed by atoms with van der Waals surface area (Å²) in [5, 5.41) is 12.9. The van der Waals surface area contributed by atoms with Gasteiger partial charge in [0.1, 0.15) is 0 Å². The van der Waals surface area contributed by atoms with Gasteiger partial charge in [-0.3, -0.25) is 14.9 Å². The average molecular weight is 281 g/mol. The summed E-state index contributed by atoms with van der Waals surface area (Å²) < 4.78 is 4.89. The molecule has 0 aromatic carbocycles. The predicted octanol–water partition coefficient (Wildman–Crippen LogP) is 0.281. The van der Waals surface area contributed by atoms with Gasteiger partial charge in [-0.1, -0.05) is 6.07 Å². The summed E-state index contributed by atoms with van der Waals surface area (Å²) in [5.74, 6) is -1.27. The molecule has 0 aliphatic rings. The number of imide groups is 1. The first kappa shape index (κ1) is 15.4. The molecule has 3 amide bonds. The van der Waals surface area contributed by atoms with Crippen LogP contribution in [0.3, 0.4) is 0 Å². The van der Waals surface area contributed by atoms with Gasteiger partial charge in [0.15, 0.2) is 0 Å². The minimum absolute atomic E-state index is 0.190. The van der Waals surface area contributed by atoms with Crippen molar-refractivity contribution in [2.75, 3.05) is 7.11 Å². The van der Waals surface area contributed by atoms with Crippen molar-refractivity contribution in [2.24, 2.45) is 0 Å². The van der Waals surface area contributed by atoms with Crippen LogP contribution in [-0.2, 0) is 16.1 Å². The van der Waals surface area contributed by atoms with E-state index >= 15 is 0 Å². The number of carboxylic acids is 1. The Hall–Kier alpha value is -2.64. The number of nitrogens with one attached hydrogen (secondary N) is 2. The van der Waals surface area contributed by atoms with E-state index in [-0.39, 0.29) is 19.4 Å². The number of hydrogen-bond acceptors (Lipinski definition) is 5. The lowest BCUT2D eigenvalue weighted by molar-refractivity contribution is -0.138. The number of carbonyl (C=O) groups is 3. The van der Waals surface area contributed by atoms with Gasteiger partial charge in [-0.05, 0) is 5.56 Å². The van der Waals surface area contributed by atoms with Gasteiger partial charge < -0.3 is 15.2 Å². The van der Waals surface area contributed by atoms with E-state index in [0.29, 0.717) is 5.88 Å². The number of aliphatic carboxylic acids is 1. The molecule has 0 unspecified atom stereocenters. The lowest BCUT2D eigenvalue weighted by atomic mass is 10.3. The largest absolute Gasteiger partial charge is 0.481 e. The van der Waals surface area contributed by atoms with Gasteiger partial charge in [-0.25, -0.2) is 9.78 Å².